The number of anilines is 4. The Bertz CT molecular complexity index is 831. The van der Waals surface area contributed by atoms with Gasteiger partial charge in [-0.1, -0.05) is 6.07 Å². The summed E-state index contributed by atoms with van der Waals surface area (Å²) in [5, 5.41) is 0. The van der Waals surface area contributed by atoms with Crippen molar-refractivity contribution in [2.75, 3.05) is 28.8 Å². The summed E-state index contributed by atoms with van der Waals surface area (Å²) < 4.78 is 0. The van der Waals surface area contributed by atoms with E-state index < -0.39 is 0 Å². The molecule has 0 N–H and O–H groups in total. The zero-order chi connectivity index (χ0) is 17.7. The Labute approximate surface area is 149 Å². The minimum atomic E-state index is 0.230. The molecule has 5 nitrogen and oxygen atoms in total. The van der Waals surface area contributed by atoms with Gasteiger partial charge in [0.15, 0.2) is 5.82 Å². The molecular formula is C20H25N5. The largest absolute Gasteiger partial charge is 0.359 e. The first kappa shape index (κ1) is 15.8. The molecule has 2 aliphatic rings. The second-order valence-electron chi connectivity index (χ2n) is 6.88. The molecule has 0 fully saturated rings. The molecule has 2 aliphatic heterocycles. The highest BCUT2D eigenvalue weighted by Gasteiger charge is 2.34. The minimum Gasteiger partial charge on any atom is -0.359 e. The fourth-order valence-corrected chi connectivity index (χ4v) is 3.77. The smallest absolute Gasteiger partial charge is 0.158 e. The molecule has 0 unspecified atom stereocenters. The van der Waals surface area contributed by atoms with E-state index in [1.54, 1.807) is 0 Å². The lowest BCUT2D eigenvalue weighted by atomic mass is 10.1. The monoisotopic (exact) mass is 335 g/mol. The summed E-state index contributed by atoms with van der Waals surface area (Å²) in [6.45, 7) is 6.65. The van der Waals surface area contributed by atoms with Gasteiger partial charge in [-0.15, -0.1) is 0 Å². The number of pyridine rings is 1. The SMILES string of the molecule is Cc1c(N2C=CN(C)[C@@H]2C)cccc1N1c2ncccc2N(C)[C@H]1C. The molecule has 2 aromatic rings. The van der Waals surface area contributed by atoms with Crippen LogP contribution in [0, 0.1) is 6.92 Å². The Kier molecular flexibility index (Phi) is 3.60. The van der Waals surface area contributed by atoms with Crippen LogP contribution in [0.1, 0.15) is 19.4 Å². The van der Waals surface area contributed by atoms with Crippen LogP contribution in [0.2, 0.25) is 0 Å². The van der Waals surface area contributed by atoms with Crippen molar-refractivity contribution in [1.29, 1.82) is 0 Å². The van der Waals surface area contributed by atoms with E-state index in [0.717, 1.165) is 5.82 Å². The standard InChI is InChI=1S/C20H25N5/c1-14-17(24-13-12-22(4)15(24)2)8-6-9-18(14)25-16(3)23(5)19-10-7-11-21-20(19)25/h6-13,15-16H,1-5H3/t15-,16+/m0/s1. The van der Waals surface area contributed by atoms with Gasteiger partial charge in [-0.3, -0.25) is 0 Å². The average Bonchev–Trinajstić information content (AvgIpc) is 3.07. The fourth-order valence-electron chi connectivity index (χ4n) is 3.77. The number of benzene rings is 1. The third-order valence-corrected chi connectivity index (χ3v) is 5.58. The topological polar surface area (TPSA) is 25.9 Å². The summed E-state index contributed by atoms with van der Waals surface area (Å²) in [7, 11) is 4.24. The molecule has 0 spiro atoms. The summed E-state index contributed by atoms with van der Waals surface area (Å²) in [5.41, 5.74) is 4.90. The molecule has 5 heteroatoms. The molecule has 0 radical (unpaired) electrons. The molecule has 1 aromatic carbocycles. The van der Waals surface area contributed by atoms with Crippen LogP contribution in [0.5, 0.6) is 0 Å². The van der Waals surface area contributed by atoms with Crippen LogP contribution in [-0.4, -0.2) is 36.3 Å². The number of rotatable bonds is 2. The van der Waals surface area contributed by atoms with Crippen molar-refractivity contribution in [2.45, 2.75) is 33.1 Å². The van der Waals surface area contributed by atoms with Gasteiger partial charge in [0.05, 0.1) is 5.69 Å². The van der Waals surface area contributed by atoms with E-state index in [9.17, 15) is 0 Å². The van der Waals surface area contributed by atoms with E-state index in [2.05, 4.69) is 96.1 Å². The van der Waals surface area contributed by atoms with Gasteiger partial charge in [0, 0.05) is 44.1 Å². The number of hydrogen-bond acceptors (Lipinski definition) is 5. The second-order valence-corrected chi connectivity index (χ2v) is 6.88. The number of fused-ring (bicyclic) bond motifs is 1. The van der Waals surface area contributed by atoms with Crippen molar-refractivity contribution >= 4 is 22.9 Å². The van der Waals surface area contributed by atoms with E-state index in [1.165, 1.54) is 22.6 Å². The van der Waals surface area contributed by atoms with Crippen LogP contribution < -0.4 is 14.7 Å². The average molecular weight is 335 g/mol. The molecule has 2 atom stereocenters. The zero-order valence-corrected chi connectivity index (χ0v) is 15.5. The van der Waals surface area contributed by atoms with Crippen LogP contribution in [0.15, 0.2) is 48.9 Å². The van der Waals surface area contributed by atoms with Crippen molar-refractivity contribution in [3.05, 3.63) is 54.5 Å². The predicted octanol–water partition coefficient (Wildman–Crippen LogP) is 3.89. The summed E-state index contributed by atoms with van der Waals surface area (Å²) in [6, 6.07) is 10.7. The fraction of sp³-hybridized carbons (Fsp3) is 0.350. The van der Waals surface area contributed by atoms with Crippen molar-refractivity contribution < 1.29 is 0 Å². The van der Waals surface area contributed by atoms with Gasteiger partial charge >= 0.3 is 0 Å². The van der Waals surface area contributed by atoms with Crippen molar-refractivity contribution in [3.63, 3.8) is 0 Å². The maximum atomic E-state index is 4.66. The maximum Gasteiger partial charge on any atom is 0.158 e. The van der Waals surface area contributed by atoms with Crippen LogP contribution in [0.3, 0.4) is 0 Å². The summed E-state index contributed by atoms with van der Waals surface area (Å²) in [4.78, 5) is 13.8. The van der Waals surface area contributed by atoms with Gasteiger partial charge in [0.2, 0.25) is 0 Å². The highest BCUT2D eigenvalue weighted by Crippen LogP contribution is 2.44. The Morgan fingerprint density at radius 3 is 2.32 bits per heavy atom. The quantitative estimate of drug-likeness (QED) is 0.829. The van der Waals surface area contributed by atoms with E-state index in [4.69, 9.17) is 0 Å². The molecule has 0 aliphatic carbocycles. The Balaban J connectivity index is 1.80. The number of nitrogens with zero attached hydrogens (tertiary/aromatic N) is 5. The molecule has 0 saturated heterocycles. The molecule has 0 saturated carbocycles. The van der Waals surface area contributed by atoms with E-state index in [0.29, 0.717) is 6.17 Å². The van der Waals surface area contributed by atoms with Crippen molar-refractivity contribution in [3.8, 4) is 0 Å². The van der Waals surface area contributed by atoms with Gasteiger partial charge in [-0.05, 0) is 50.6 Å². The van der Waals surface area contributed by atoms with E-state index >= 15 is 0 Å². The van der Waals surface area contributed by atoms with Crippen LogP contribution in [-0.2, 0) is 0 Å². The van der Waals surface area contributed by atoms with Crippen LogP contribution >= 0.6 is 0 Å². The second kappa shape index (κ2) is 5.69. The normalized spacial score (nSPS) is 22.1. The van der Waals surface area contributed by atoms with E-state index in [1.807, 2.05) is 12.3 Å². The summed E-state index contributed by atoms with van der Waals surface area (Å²) in [6.07, 6.45) is 6.70. The van der Waals surface area contributed by atoms with Gasteiger partial charge in [0.1, 0.15) is 12.3 Å². The van der Waals surface area contributed by atoms with Gasteiger partial charge < -0.3 is 19.6 Å². The first-order valence-electron chi connectivity index (χ1n) is 8.76. The molecule has 1 aromatic heterocycles. The van der Waals surface area contributed by atoms with E-state index in [-0.39, 0.29) is 6.17 Å². The summed E-state index contributed by atoms with van der Waals surface area (Å²) in [5.74, 6) is 1.03. The van der Waals surface area contributed by atoms with Crippen LogP contribution in [0.25, 0.3) is 0 Å². The number of aromatic nitrogens is 1. The first-order chi connectivity index (χ1) is 12.0. The molecule has 4 rings (SSSR count). The highest BCUT2D eigenvalue weighted by molar-refractivity contribution is 5.83. The Hall–Kier alpha value is -2.69. The number of hydrogen-bond donors (Lipinski definition) is 0. The van der Waals surface area contributed by atoms with Gasteiger partial charge in [-0.25, -0.2) is 4.98 Å². The van der Waals surface area contributed by atoms with Crippen LogP contribution in [0.4, 0.5) is 22.9 Å². The molecule has 130 valence electrons. The minimum absolute atomic E-state index is 0.230. The molecule has 0 bridgehead atoms. The van der Waals surface area contributed by atoms with Crippen molar-refractivity contribution in [2.24, 2.45) is 0 Å². The first-order valence-corrected chi connectivity index (χ1v) is 8.76. The lowest BCUT2D eigenvalue weighted by Gasteiger charge is -2.32. The van der Waals surface area contributed by atoms with Gasteiger partial charge in [0.25, 0.3) is 0 Å². The predicted molar refractivity (Wildman–Crippen MR) is 104 cm³/mol. The highest BCUT2D eigenvalue weighted by atomic mass is 15.4. The van der Waals surface area contributed by atoms with Crippen molar-refractivity contribution in [1.82, 2.24) is 9.88 Å². The Morgan fingerprint density at radius 1 is 0.880 bits per heavy atom. The third-order valence-electron chi connectivity index (χ3n) is 5.58. The zero-order valence-electron chi connectivity index (χ0n) is 15.5. The maximum absolute atomic E-state index is 4.66. The lowest BCUT2D eigenvalue weighted by molar-refractivity contribution is 0.383. The molecule has 25 heavy (non-hydrogen) atoms. The molecular weight excluding hydrogens is 310 g/mol. The third kappa shape index (κ3) is 2.26. The van der Waals surface area contributed by atoms with Gasteiger partial charge in [-0.2, -0.15) is 0 Å². The molecule has 3 heterocycles. The molecule has 0 amide bonds. The summed E-state index contributed by atoms with van der Waals surface area (Å²) >= 11 is 0. The Morgan fingerprint density at radius 2 is 1.60 bits per heavy atom. The lowest BCUT2D eigenvalue weighted by Crippen LogP contribution is -2.37.